The molecule has 0 unspecified atom stereocenters. The monoisotopic (exact) mass is 294 g/mol. The van der Waals surface area contributed by atoms with Gasteiger partial charge in [-0.3, -0.25) is 15.0 Å². The summed E-state index contributed by atoms with van der Waals surface area (Å²) < 4.78 is 0. The third kappa shape index (κ3) is 4.14. The van der Waals surface area contributed by atoms with Gasteiger partial charge in [-0.25, -0.2) is 4.79 Å². The second-order valence-electron chi connectivity index (χ2n) is 4.79. The van der Waals surface area contributed by atoms with Crippen molar-refractivity contribution in [3.8, 4) is 0 Å². The number of aliphatic hydroxyl groups is 1. The summed E-state index contributed by atoms with van der Waals surface area (Å²) in [7, 11) is 0. The fraction of sp³-hybridized carbons (Fsp3) is 0.462. The minimum absolute atomic E-state index is 0.00869. The van der Waals surface area contributed by atoms with Crippen molar-refractivity contribution in [3.63, 3.8) is 0 Å². The number of nitrogens with zero attached hydrogens (tertiary/aromatic N) is 3. The van der Waals surface area contributed by atoms with Crippen LogP contribution < -0.4 is 5.32 Å². The number of carbonyl (C=O) groups is 1. The SMILES string of the molecule is O=C(Nc1ccc([N+](=O)[O-])cc1)N1CCN(CCO)CC1. The molecule has 21 heavy (non-hydrogen) atoms. The Morgan fingerprint density at radius 1 is 1.24 bits per heavy atom. The number of non-ortho nitro benzene ring substituents is 1. The molecule has 1 heterocycles. The van der Waals surface area contributed by atoms with Crippen LogP contribution in [0.4, 0.5) is 16.2 Å². The highest BCUT2D eigenvalue weighted by molar-refractivity contribution is 5.89. The highest BCUT2D eigenvalue weighted by Gasteiger charge is 2.20. The predicted molar refractivity (Wildman–Crippen MR) is 77.2 cm³/mol. The molecule has 1 saturated heterocycles. The summed E-state index contributed by atoms with van der Waals surface area (Å²) in [6.07, 6.45) is 0. The van der Waals surface area contributed by atoms with Gasteiger partial charge in [-0.2, -0.15) is 0 Å². The molecule has 8 heteroatoms. The van der Waals surface area contributed by atoms with Crippen LogP contribution in [-0.4, -0.2) is 65.2 Å². The number of hydrogen-bond donors (Lipinski definition) is 2. The normalized spacial score (nSPS) is 15.8. The number of hydrogen-bond acceptors (Lipinski definition) is 5. The summed E-state index contributed by atoms with van der Waals surface area (Å²) in [4.78, 5) is 25.9. The van der Waals surface area contributed by atoms with Crippen LogP contribution in [0.15, 0.2) is 24.3 Å². The fourth-order valence-electron chi connectivity index (χ4n) is 2.19. The summed E-state index contributed by atoms with van der Waals surface area (Å²) in [5.41, 5.74) is 0.522. The number of piperazine rings is 1. The zero-order chi connectivity index (χ0) is 15.2. The average Bonchev–Trinajstić information content (AvgIpc) is 2.49. The first-order valence-corrected chi connectivity index (χ1v) is 6.74. The number of urea groups is 1. The molecule has 1 aromatic carbocycles. The molecule has 1 aliphatic heterocycles. The lowest BCUT2D eigenvalue weighted by Gasteiger charge is -2.34. The first-order valence-electron chi connectivity index (χ1n) is 6.74. The van der Waals surface area contributed by atoms with Crippen molar-refractivity contribution in [2.75, 3.05) is 44.6 Å². The number of carbonyl (C=O) groups excluding carboxylic acids is 1. The molecule has 0 atom stereocenters. The summed E-state index contributed by atoms with van der Waals surface area (Å²) in [6.45, 7) is 3.40. The van der Waals surface area contributed by atoms with Gasteiger partial charge >= 0.3 is 6.03 Å². The molecule has 1 fully saturated rings. The Bertz CT molecular complexity index is 497. The van der Waals surface area contributed by atoms with Crippen LogP contribution in [0, 0.1) is 10.1 Å². The number of amides is 2. The van der Waals surface area contributed by atoms with Crippen molar-refractivity contribution in [1.82, 2.24) is 9.80 Å². The molecule has 0 aliphatic carbocycles. The van der Waals surface area contributed by atoms with Crippen LogP contribution in [0.2, 0.25) is 0 Å². The zero-order valence-corrected chi connectivity index (χ0v) is 11.6. The van der Waals surface area contributed by atoms with Crippen LogP contribution >= 0.6 is 0 Å². The number of nitro benzene ring substituents is 1. The maximum atomic E-state index is 12.1. The van der Waals surface area contributed by atoms with E-state index in [0.29, 0.717) is 25.3 Å². The Labute approximate surface area is 122 Å². The Morgan fingerprint density at radius 2 is 1.86 bits per heavy atom. The van der Waals surface area contributed by atoms with Gasteiger partial charge in [0.1, 0.15) is 0 Å². The molecule has 0 bridgehead atoms. The maximum absolute atomic E-state index is 12.1. The molecule has 8 nitrogen and oxygen atoms in total. The number of β-amino-alcohol motifs (C(OH)–C–C–N with tert-alkyl or cyclic N) is 1. The minimum Gasteiger partial charge on any atom is -0.395 e. The van der Waals surface area contributed by atoms with Gasteiger partial charge in [-0.15, -0.1) is 0 Å². The van der Waals surface area contributed by atoms with Gasteiger partial charge in [0.2, 0.25) is 0 Å². The zero-order valence-electron chi connectivity index (χ0n) is 11.6. The number of anilines is 1. The Kier molecular flexibility index (Phi) is 5.07. The van der Waals surface area contributed by atoms with E-state index in [2.05, 4.69) is 10.2 Å². The summed E-state index contributed by atoms with van der Waals surface area (Å²) in [5.74, 6) is 0. The topological polar surface area (TPSA) is 98.9 Å². The van der Waals surface area contributed by atoms with E-state index in [4.69, 9.17) is 5.11 Å². The van der Waals surface area contributed by atoms with Crippen LogP contribution in [0.5, 0.6) is 0 Å². The van der Waals surface area contributed by atoms with Crippen molar-refractivity contribution in [1.29, 1.82) is 0 Å². The van der Waals surface area contributed by atoms with E-state index in [9.17, 15) is 14.9 Å². The van der Waals surface area contributed by atoms with Crippen molar-refractivity contribution in [2.45, 2.75) is 0 Å². The van der Waals surface area contributed by atoms with Crippen LogP contribution in [0.3, 0.4) is 0 Å². The van der Waals surface area contributed by atoms with Crippen LogP contribution in [0.25, 0.3) is 0 Å². The lowest BCUT2D eigenvalue weighted by atomic mass is 10.3. The second kappa shape index (κ2) is 7.00. The van der Waals surface area contributed by atoms with Crippen molar-refractivity contribution in [2.24, 2.45) is 0 Å². The number of nitrogens with one attached hydrogen (secondary N) is 1. The largest absolute Gasteiger partial charge is 0.395 e. The van der Waals surface area contributed by atoms with Gasteiger partial charge in [-0.05, 0) is 12.1 Å². The molecule has 2 rings (SSSR count). The number of benzene rings is 1. The van der Waals surface area contributed by atoms with E-state index in [-0.39, 0.29) is 18.3 Å². The molecule has 1 aliphatic rings. The fourth-order valence-corrected chi connectivity index (χ4v) is 2.19. The molecular weight excluding hydrogens is 276 g/mol. The van der Waals surface area contributed by atoms with E-state index in [0.717, 1.165) is 13.1 Å². The van der Waals surface area contributed by atoms with Crippen molar-refractivity contribution in [3.05, 3.63) is 34.4 Å². The van der Waals surface area contributed by atoms with Gasteiger partial charge in [0.15, 0.2) is 0 Å². The third-order valence-electron chi connectivity index (χ3n) is 3.41. The summed E-state index contributed by atoms with van der Waals surface area (Å²) >= 11 is 0. The van der Waals surface area contributed by atoms with Gasteiger partial charge in [0, 0.05) is 50.5 Å². The van der Waals surface area contributed by atoms with Crippen molar-refractivity contribution >= 4 is 17.4 Å². The lowest BCUT2D eigenvalue weighted by molar-refractivity contribution is -0.384. The van der Waals surface area contributed by atoms with Gasteiger partial charge in [0.25, 0.3) is 5.69 Å². The van der Waals surface area contributed by atoms with E-state index >= 15 is 0 Å². The quantitative estimate of drug-likeness (QED) is 0.630. The molecule has 0 saturated carbocycles. The number of aliphatic hydroxyl groups excluding tert-OH is 1. The van der Waals surface area contributed by atoms with Gasteiger partial charge in [0.05, 0.1) is 11.5 Å². The van der Waals surface area contributed by atoms with E-state index in [1.54, 1.807) is 4.90 Å². The van der Waals surface area contributed by atoms with Gasteiger partial charge < -0.3 is 15.3 Å². The predicted octanol–water partition coefficient (Wildman–Crippen LogP) is 0.737. The molecule has 2 N–H and O–H groups in total. The molecule has 0 aromatic heterocycles. The summed E-state index contributed by atoms with van der Waals surface area (Å²) in [6, 6.07) is 5.52. The van der Waals surface area contributed by atoms with E-state index < -0.39 is 4.92 Å². The third-order valence-corrected chi connectivity index (χ3v) is 3.41. The Morgan fingerprint density at radius 3 is 2.38 bits per heavy atom. The first kappa shape index (κ1) is 15.2. The number of nitro groups is 1. The van der Waals surface area contributed by atoms with Crippen LogP contribution in [-0.2, 0) is 0 Å². The smallest absolute Gasteiger partial charge is 0.321 e. The van der Waals surface area contributed by atoms with E-state index in [1.807, 2.05) is 0 Å². The highest BCUT2D eigenvalue weighted by Crippen LogP contribution is 2.16. The standard InChI is InChI=1S/C13H18N4O4/c18-10-9-15-5-7-16(8-6-15)13(19)14-11-1-3-12(4-2-11)17(20)21/h1-4,18H,5-10H2,(H,14,19). The lowest BCUT2D eigenvalue weighted by Crippen LogP contribution is -2.50. The number of rotatable bonds is 4. The van der Waals surface area contributed by atoms with Gasteiger partial charge in [-0.1, -0.05) is 0 Å². The molecule has 1 aromatic rings. The highest BCUT2D eigenvalue weighted by atomic mass is 16.6. The molecule has 0 spiro atoms. The maximum Gasteiger partial charge on any atom is 0.321 e. The first-order chi connectivity index (χ1) is 10.1. The Hall–Kier alpha value is -2.19. The van der Waals surface area contributed by atoms with E-state index in [1.165, 1.54) is 24.3 Å². The average molecular weight is 294 g/mol. The summed E-state index contributed by atoms with van der Waals surface area (Å²) in [5, 5.41) is 22.1. The molecule has 0 radical (unpaired) electrons. The molecule has 2 amide bonds. The van der Waals surface area contributed by atoms with Crippen LogP contribution in [0.1, 0.15) is 0 Å². The second-order valence-corrected chi connectivity index (χ2v) is 4.79. The molecular formula is C13H18N4O4. The minimum atomic E-state index is -0.480. The van der Waals surface area contributed by atoms with Crippen molar-refractivity contribution < 1.29 is 14.8 Å². The molecule has 114 valence electrons. The Balaban J connectivity index is 1.86.